The van der Waals surface area contributed by atoms with Gasteiger partial charge >= 0.3 is 6.18 Å². The SMILES string of the molecule is CCNC(=NCC1(CO)COC1)N1CCOC(c2cccc(C(F)(F)F)c2)C1.I. The Bertz CT molecular complexity index is 693. The van der Waals surface area contributed by atoms with Gasteiger partial charge in [-0.1, -0.05) is 12.1 Å². The fraction of sp³-hybridized carbons (Fsp3) is 0.632. The molecule has 1 aromatic rings. The van der Waals surface area contributed by atoms with E-state index in [1.807, 2.05) is 11.8 Å². The summed E-state index contributed by atoms with van der Waals surface area (Å²) >= 11 is 0. The number of benzene rings is 1. The van der Waals surface area contributed by atoms with Gasteiger partial charge in [0.15, 0.2) is 5.96 Å². The zero-order chi connectivity index (χ0) is 20.2. The van der Waals surface area contributed by atoms with E-state index in [2.05, 4.69) is 10.3 Å². The Morgan fingerprint density at radius 1 is 1.38 bits per heavy atom. The van der Waals surface area contributed by atoms with E-state index in [4.69, 9.17) is 9.47 Å². The van der Waals surface area contributed by atoms with Crippen LogP contribution in [0.1, 0.15) is 24.2 Å². The number of aliphatic imine (C=N–C) groups is 1. The molecule has 0 aliphatic carbocycles. The Kier molecular flexibility index (Phi) is 8.56. The molecule has 0 aromatic heterocycles. The molecule has 1 unspecified atom stereocenters. The maximum absolute atomic E-state index is 13.0. The van der Waals surface area contributed by atoms with Gasteiger partial charge in [-0.3, -0.25) is 4.99 Å². The van der Waals surface area contributed by atoms with Gasteiger partial charge in [0.2, 0.25) is 0 Å². The van der Waals surface area contributed by atoms with Crippen molar-refractivity contribution in [3.63, 3.8) is 0 Å². The van der Waals surface area contributed by atoms with Crippen LogP contribution in [0, 0.1) is 5.41 Å². The predicted octanol–water partition coefficient (Wildman–Crippen LogP) is 2.67. The molecule has 2 aliphatic rings. The second kappa shape index (κ2) is 10.3. The Labute approximate surface area is 185 Å². The fourth-order valence-corrected chi connectivity index (χ4v) is 3.25. The molecule has 0 saturated carbocycles. The highest BCUT2D eigenvalue weighted by Gasteiger charge is 2.38. The maximum atomic E-state index is 13.0. The van der Waals surface area contributed by atoms with Crippen LogP contribution in [0.15, 0.2) is 29.3 Å². The lowest BCUT2D eigenvalue weighted by atomic mass is 9.87. The van der Waals surface area contributed by atoms with Crippen LogP contribution >= 0.6 is 24.0 Å². The minimum atomic E-state index is -4.38. The molecule has 2 aliphatic heterocycles. The normalized spacial score (nSPS) is 21.9. The topological polar surface area (TPSA) is 66.3 Å². The van der Waals surface area contributed by atoms with Crippen LogP contribution in [0.3, 0.4) is 0 Å². The first-order chi connectivity index (χ1) is 13.4. The van der Waals surface area contributed by atoms with Crippen molar-refractivity contribution in [3.05, 3.63) is 35.4 Å². The molecule has 0 amide bonds. The van der Waals surface area contributed by atoms with Gasteiger partial charge in [0, 0.05) is 13.1 Å². The second-order valence-corrected chi connectivity index (χ2v) is 7.25. The summed E-state index contributed by atoms with van der Waals surface area (Å²) in [5.41, 5.74) is -0.524. The minimum Gasteiger partial charge on any atom is -0.396 e. The first-order valence-electron chi connectivity index (χ1n) is 9.37. The van der Waals surface area contributed by atoms with Crippen molar-refractivity contribution in [2.75, 3.05) is 52.6 Å². The van der Waals surface area contributed by atoms with Crippen LogP contribution in [0.5, 0.6) is 0 Å². The zero-order valence-electron chi connectivity index (χ0n) is 16.2. The van der Waals surface area contributed by atoms with Crippen molar-refractivity contribution in [1.29, 1.82) is 0 Å². The number of aliphatic hydroxyl groups excluding tert-OH is 1. The van der Waals surface area contributed by atoms with Crippen molar-refractivity contribution >= 4 is 29.9 Å². The summed E-state index contributed by atoms with van der Waals surface area (Å²) in [6, 6.07) is 5.26. The summed E-state index contributed by atoms with van der Waals surface area (Å²) < 4.78 is 50.0. The summed E-state index contributed by atoms with van der Waals surface area (Å²) in [4.78, 5) is 6.63. The van der Waals surface area contributed by atoms with Crippen molar-refractivity contribution in [3.8, 4) is 0 Å². The maximum Gasteiger partial charge on any atom is 0.416 e. The van der Waals surface area contributed by atoms with Gasteiger partial charge in [0.1, 0.15) is 6.10 Å². The number of halogens is 4. The van der Waals surface area contributed by atoms with Crippen LogP contribution in [0.25, 0.3) is 0 Å². The lowest BCUT2D eigenvalue weighted by Gasteiger charge is -2.39. The summed E-state index contributed by atoms with van der Waals surface area (Å²) in [6.45, 7) is 5.37. The molecule has 1 atom stereocenters. The number of hydrogen-bond acceptors (Lipinski definition) is 4. The van der Waals surface area contributed by atoms with Crippen LogP contribution in [0.2, 0.25) is 0 Å². The molecule has 0 spiro atoms. The molecular formula is C19H27F3IN3O3. The standard InChI is InChI=1S/C19H26F3N3O3.HI/c1-2-23-17(24-10-18(11-26)12-27-13-18)25-6-7-28-16(9-25)14-4-3-5-15(8-14)19(20,21)22;/h3-5,8,16,26H,2,6-7,9-13H2,1H3,(H,23,24);1H. The third-order valence-electron chi connectivity index (χ3n) is 5.00. The molecule has 1 aromatic carbocycles. The first kappa shape index (κ1) is 24.2. The average molecular weight is 529 g/mol. The Morgan fingerprint density at radius 2 is 2.14 bits per heavy atom. The molecule has 164 valence electrons. The molecular weight excluding hydrogens is 502 g/mol. The largest absolute Gasteiger partial charge is 0.416 e. The molecule has 2 N–H and O–H groups in total. The van der Waals surface area contributed by atoms with E-state index < -0.39 is 17.8 Å². The van der Waals surface area contributed by atoms with Gasteiger partial charge in [-0.2, -0.15) is 13.2 Å². The number of guanidine groups is 1. The van der Waals surface area contributed by atoms with E-state index in [9.17, 15) is 18.3 Å². The van der Waals surface area contributed by atoms with Crippen LogP contribution in [-0.4, -0.2) is 68.6 Å². The van der Waals surface area contributed by atoms with E-state index in [-0.39, 0.29) is 36.0 Å². The lowest BCUT2D eigenvalue weighted by Crippen LogP contribution is -2.51. The molecule has 10 heteroatoms. The number of hydrogen-bond donors (Lipinski definition) is 2. The number of rotatable bonds is 5. The third kappa shape index (κ3) is 5.96. The third-order valence-corrected chi connectivity index (χ3v) is 5.00. The van der Waals surface area contributed by atoms with E-state index in [0.717, 1.165) is 12.1 Å². The van der Waals surface area contributed by atoms with Gasteiger partial charge in [-0.25, -0.2) is 0 Å². The van der Waals surface area contributed by atoms with E-state index in [1.165, 1.54) is 6.07 Å². The van der Waals surface area contributed by atoms with Crippen molar-refractivity contribution in [2.45, 2.75) is 19.2 Å². The Balaban J connectivity index is 0.00000300. The zero-order valence-corrected chi connectivity index (χ0v) is 18.6. The monoisotopic (exact) mass is 529 g/mol. The van der Waals surface area contributed by atoms with Crippen LogP contribution in [0.4, 0.5) is 13.2 Å². The Morgan fingerprint density at radius 3 is 2.72 bits per heavy atom. The highest BCUT2D eigenvalue weighted by Crippen LogP contribution is 2.32. The lowest BCUT2D eigenvalue weighted by molar-refractivity contribution is -0.137. The van der Waals surface area contributed by atoms with Crippen molar-refractivity contribution in [2.24, 2.45) is 10.4 Å². The molecule has 29 heavy (non-hydrogen) atoms. The molecule has 2 fully saturated rings. The van der Waals surface area contributed by atoms with Crippen molar-refractivity contribution in [1.82, 2.24) is 10.2 Å². The number of alkyl halides is 3. The molecule has 6 nitrogen and oxygen atoms in total. The second-order valence-electron chi connectivity index (χ2n) is 7.25. The number of nitrogens with zero attached hydrogens (tertiary/aromatic N) is 2. The summed E-state index contributed by atoms with van der Waals surface area (Å²) in [6.07, 6.45) is -4.86. The van der Waals surface area contributed by atoms with E-state index in [1.54, 1.807) is 6.07 Å². The molecule has 2 saturated heterocycles. The average Bonchev–Trinajstić information content (AvgIpc) is 2.66. The van der Waals surface area contributed by atoms with Gasteiger partial charge in [-0.05, 0) is 24.6 Å². The molecule has 2 heterocycles. The minimum absolute atomic E-state index is 0. The van der Waals surface area contributed by atoms with Crippen LogP contribution < -0.4 is 5.32 Å². The number of nitrogens with one attached hydrogen (secondary N) is 1. The van der Waals surface area contributed by atoms with E-state index in [0.29, 0.717) is 57.5 Å². The number of ether oxygens (including phenoxy) is 2. The number of morpholine rings is 1. The smallest absolute Gasteiger partial charge is 0.396 e. The quantitative estimate of drug-likeness (QED) is 0.349. The fourth-order valence-electron chi connectivity index (χ4n) is 3.25. The summed E-state index contributed by atoms with van der Waals surface area (Å²) in [5.74, 6) is 0.669. The highest BCUT2D eigenvalue weighted by atomic mass is 127. The highest BCUT2D eigenvalue weighted by molar-refractivity contribution is 14.0. The van der Waals surface area contributed by atoms with Gasteiger partial charge in [0.25, 0.3) is 0 Å². The number of aliphatic hydroxyl groups is 1. The Hall–Kier alpha value is -1.11. The van der Waals surface area contributed by atoms with E-state index >= 15 is 0 Å². The van der Waals surface area contributed by atoms with Gasteiger partial charge < -0.3 is 24.8 Å². The summed E-state index contributed by atoms with van der Waals surface area (Å²) in [7, 11) is 0. The molecule has 0 radical (unpaired) electrons. The predicted molar refractivity (Wildman–Crippen MR) is 113 cm³/mol. The molecule has 0 bridgehead atoms. The van der Waals surface area contributed by atoms with Gasteiger partial charge in [0.05, 0.1) is 50.5 Å². The van der Waals surface area contributed by atoms with Crippen LogP contribution in [-0.2, 0) is 15.7 Å². The summed E-state index contributed by atoms with van der Waals surface area (Å²) in [5, 5.41) is 12.8. The first-order valence-corrected chi connectivity index (χ1v) is 9.37. The molecule has 3 rings (SSSR count). The van der Waals surface area contributed by atoms with Gasteiger partial charge in [-0.15, -0.1) is 24.0 Å². The van der Waals surface area contributed by atoms with Crippen molar-refractivity contribution < 1.29 is 27.8 Å².